The van der Waals surface area contributed by atoms with Gasteiger partial charge in [0.25, 0.3) is 0 Å². The van der Waals surface area contributed by atoms with Gasteiger partial charge in [0.05, 0.1) is 0 Å². The number of hydrogen-bond acceptors (Lipinski definition) is 0. The molecular weight excluding hydrogens is 224 g/mol. The second kappa shape index (κ2) is 4.28. The van der Waals surface area contributed by atoms with E-state index in [2.05, 4.69) is 46.3 Å². The first-order valence-electron chi connectivity index (χ1n) is 5.01. The molecule has 2 rings (SSSR count). The molecule has 1 saturated carbocycles. The Kier molecular flexibility index (Phi) is 3.05. The molecule has 1 heteroatoms. The lowest BCUT2D eigenvalue weighted by molar-refractivity contribution is 0.610. The van der Waals surface area contributed by atoms with Gasteiger partial charge in [0.15, 0.2) is 0 Å². The van der Waals surface area contributed by atoms with E-state index in [1.54, 1.807) is 0 Å². The lowest BCUT2D eigenvalue weighted by Gasteiger charge is -2.09. The Morgan fingerprint density at radius 3 is 2.54 bits per heavy atom. The number of benzene rings is 1. The van der Waals surface area contributed by atoms with Gasteiger partial charge in [-0.05, 0) is 36.7 Å². The third-order valence-electron chi connectivity index (χ3n) is 3.03. The first kappa shape index (κ1) is 9.26. The van der Waals surface area contributed by atoms with Gasteiger partial charge < -0.3 is 0 Å². The van der Waals surface area contributed by atoms with Gasteiger partial charge in [-0.15, -0.1) is 0 Å². The summed E-state index contributed by atoms with van der Waals surface area (Å²) in [7, 11) is 0. The van der Waals surface area contributed by atoms with Crippen LogP contribution in [-0.2, 0) is 0 Å². The van der Waals surface area contributed by atoms with Crippen LogP contribution in [0, 0.1) is 5.92 Å². The van der Waals surface area contributed by atoms with E-state index in [1.807, 2.05) is 0 Å². The Morgan fingerprint density at radius 1 is 1.15 bits per heavy atom. The summed E-state index contributed by atoms with van der Waals surface area (Å²) >= 11 is 3.58. The molecule has 13 heavy (non-hydrogen) atoms. The molecule has 1 aromatic rings. The summed E-state index contributed by atoms with van der Waals surface area (Å²) in [6.45, 7) is 0. The monoisotopic (exact) mass is 238 g/mol. The van der Waals surface area contributed by atoms with Crippen LogP contribution >= 0.6 is 15.9 Å². The normalized spacial score (nSPS) is 27.8. The van der Waals surface area contributed by atoms with Crippen LogP contribution in [0.25, 0.3) is 0 Å². The van der Waals surface area contributed by atoms with Crippen LogP contribution in [0.3, 0.4) is 0 Å². The largest absolute Gasteiger partial charge is 0.0925 e. The van der Waals surface area contributed by atoms with Crippen molar-refractivity contribution < 1.29 is 0 Å². The molecule has 1 aromatic carbocycles. The van der Waals surface area contributed by atoms with E-state index >= 15 is 0 Å². The molecule has 0 heterocycles. The van der Waals surface area contributed by atoms with E-state index in [0.717, 1.165) is 11.8 Å². The van der Waals surface area contributed by atoms with Crippen LogP contribution in [0.15, 0.2) is 30.3 Å². The Balaban J connectivity index is 2.04. The fraction of sp³-hybridized carbons (Fsp3) is 0.500. The van der Waals surface area contributed by atoms with E-state index in [4.69, 9.17) is 0 Å². The van der Waals surface area contributed by atoms with Crippen molar-refractivity contribution in [1.82, 2.24) is 0 Å². The number of rotatable bonds is 2. The van der Waals surface area contributed by atoms with Crippen LogP contribution in [0.4, 0.5) is 0 Å². The minimum absolute atomic E-state index is 0.823. The summed E-state index contributed by atoms with van der Waals surface area (Å²) in [4.78, 5) is 0. The second-order valence-corrected chi connectivity index (χ2v) is 4.59. The first-order chi connectivity index (χ1) is 6.40. The van der Waals surface area contributed by atoms with Gasteiger partial charge in [0.1, 0.15) is 0 Å². The summed E-state index contributed by atoms with van der Waals surface area (Å²) in [5, 5.41) is 1.18. The summed E-state index contributed by atoms with van der Waals surface area (Å²) in [5.74, 6) is 1.73. The maximum absolute atomic E-state index is 3.58. The van der Waals surface area contributed by atoms with E-state index in [1.165, 1.54) is 30.2 Å². The van der Waals surface area contributed by atoms with Gasteiger partial charge >= 0.3 is 0 Å². The molecule has 0 bridgehead atoms. The molecule has 0 radical (unpaired) electrons. The standard InChI is InChI=1S/C12H15Br/c13-9-10-6-7-12(8-10)11-4-2-1-3-5-11/h1-5,10,12H,6-9H2. The molecule has 1 aliphatic carbocycles. The molecule has 0 aromatic heterocycles. The van der Waals surface area contributed by atoms with Gasteiger partial charge in [0.2, 0.25) is 0 Å². The molecule has 2 unspecified atom stereocenters. The average molecular weight is 239 g/mol. The number of halogens is 1. The summed E-state index contributed by atoms with van der Waals surface area (Å²) in [6, 6.07) is 10.9. The molecule has 1 fully saturated rings. The quantitative estimate of drug-likeness (QED) is 0.685. The van der Waals surface area contributed by atoms with Crippen LogP contribution < -0.4 is 0 Å². The SMILES string of the molecule is BrCC1CCC(c2ccccc2)C1. The third-order valence-corrected chi connectivity index (χ3v) is 3.95. The lowest BCUT2D eigenvalue weighted by atomic mass is 9.97. The van der Waals surface area contributed by atoms with Crippen molar-refractivity contribution in [3.05, 3.63) is 35.9 Å². The Hall–Kier alpha value is -0.300. The minimum Gasteiger partial charge on any atom is -0.0925 e. The predicted octanol–water partition coefficient (Wildman–Crippen LogP) is 3.97. The van der Waals surface area contributed by atoms with E-state index in [-0.39, 0.29) is 0 Å². The zero-order chi connectivity index (χ0) is 9.10. The van der Waals surface area contributed by atoms with E-state index in [0.29, 0.717) is 0 Å². The first-order valence-corrected chi connectivity index (χ1v) is 6.13. The molecule has 0 amide bonds. The molecule has 0 spiro atoms. The fourth-order valence-corrected chi connectivity index (χ4v) is 2.83. The Morgan fingerprint density at radius 2 is 1.92 bits per heavy atom. The van der Waals surface area contributed by atoms with Gasteiger partial charge in [-0.3, -0.25) is 0 Å². The van der Waals surface area contributed by atoms with Crippen LogP contribution in [0.1, 0.15) is 30.7 Å². The predicted molar refractivity (Wildman–Crippen MR) is 60.3 cm³/mol. The molecule has 0 saturated heterocycles. The van der Waals surface area contributed by atoms with Crippen LogP contribution in [0.5, 0.6) is 0 Å². The molecule has 70 valence electrons. The topological polar surface area (TPSA) is 0 Å². The molecule has 1 aliphatic rings. The highest BCUT2D eigenvalue weighted by atomic mass is 79.9. The zero-order valence-corrected chi connectivity index (χ0v) is 9.33. The van der Waals surface area contributed by atoms with Crippen molar-refractivity contribution in [3.8, 4) is 0 Å². The van der Waals surface area contributed by atoms with Gasteiger partial charge in [-0.2, -0.15) is 0 Å². The van der Waals surface area contributed by atoms with E-state index in [9.17, 15) is 0 Å². The third kappa shape index (κ3) is 2.14. The highest BCUT2D eigenvalue weighted by Crippen LogP contribution is 2.38. The van der Waals surface area contributed by atoms with Gasteiger partial charge in [-0.1, -0.05) is 46.3 Å². The van der Waals surface area contributed by atoms with Crippen molar-refractivity contribution >= 4 is 15.9 Å². The average Bonchev–Trinajstić information content (AvgIpc) is 2.67. The van der Waals surface area contributed by atoms with Crippen molar-refractivity contribution in [3.63, 3.8) is 0 Å². The van der Waals surface area contributed by atoms with Gasteiger partial charge in [-0.25, -0.2) is 0 Å². The van der Waals surface area contributed by atoms with E-state index < -0.39 is 0 Å². The minimum atomic E-state index is 0.823. The molecular formula is C12H15Br. The fourth-order valence-electron chi connectivity index (χ4n) is 2.24. The highest BCUT2D eigenvalue weighted by molar-refractivity contribution is 9.09. The summed E-state index contributed by atoms with van der Waals surface area (Å²) in [6.07, 6.45) is 4.14. The maximum Gasteiger partial charge on any atom is 0.00598 e. The molecule has 0 N–H and O–H groups in total. The lowest BCUT2D eigenvalue weighted by Crippen LogP contribution is -1.96. The number of alkyl halides is 1. The Bertz CT molecular complexity index is 255. The van der Waals surface area contributed by atoms with Crippen molar-refractivity contribution in [2.45, 2.75) is 25.2 Å². The van der Waals surface area contributed by atoms with Crippen LogP contribution in [0.2, 0.25) is 0 Å². The van der Waals surface area contributed by atoms with Gasteiger partial charge in [0, 0.05) is 5.33 Å². The maximum atomic E-state index is 3.58. The molecule has 0 nitrogen and oxygen atoms in total. The summed E-state index contributed by atoms with van der Waals surface area (Å²) in [5.41, 5.74) is 1.53. The number of hydrogen-bond donors (Lipinski definition) is 0. The molecule has 2 atom stereocenters. The summed E-state index contributed by atoms with van der Waals surface area (Å²) < 4.78 is 0. The second-order valence-electron chi connectivity index (χ2n) is 3.94. The Labute approximate surface area is 88.5 Å². The smallest absolute Gasteiger partial charge is 0.00598 e. The van der Waals surface area contributed by atoms with Crippen molar-refractivity contribution in [2.75, 3.05) is 5.33 Å². The van der Waals surface area contributed by atoms with Crippen molar-refractivity contribution in [2.24, 2.45) is 5.92 Å². The molecule has 0 aliphatic heterocycles. The van der Waals surface area contributed by atoms with Crippen LogP contribution in [-0.4, -0.2) is 5.33 Å². The van der Waals surface area contributed by atoms with Crippen molar-refractivity contribution in [1.29, 1.82) is 0 Å². The zero-order valence-electron chi connectivity index (χ0n) is 7.75. The highest BCUT2D eigenvalue weighted by Gasteiger charge is 2.24.